The van der Waals surface area contributed by atoms with Crippen molar-refractivity contribution in [2.45, 2.75) is 51.4 Å². The highest BCUT2D eigenvalue weighted by Crippen LogP contribution is 2.20. The number of anilines is 1. The lowest BCUT2D eigenvalue weighted by atomic mass is 9.95. The molecule has 0 spiro atoms. The van der Waals surface area contributed by atoms with Crippen LogP contribution < -0.4 is 10.6 Å². The summed E-state index contributed by atoms with van der Waals surface area (Å²) in [7, 11) is 0. The van der Waals surface area contributed by atoms with Crippen LogP contribution in [-0.2, 0) is 22.4 Å². The van der Waals surface area contributed by atoms with Crippen LogP contribution >= 0.6 is 0 Å². The summed E-state index contributed by atoms with van der Waals surface area (Å²) in [4.78, 5) is 28.7. The number of carbonyl (C=O) groups excluding carboxylic acids is 2. The molecule has 1 amide bonds. The third-order valence-corrected chi connectivity index (χ3v) is 5.28. The third-order valence-electron chi connectivity index (χ3n) is 5.28. The minimum atomic E-state index is -0.526. The summed E-state index contributed by atoms with van der Waals surface area (Å²) in [5, 5.41) is 6.15. The van der Waals surface area contributed by atoms with Crippen LogP contribution in [0.4, 0.5) is 10.2 Å². The lowest BCUT2D eigenvalue weighted by molar-refractivity contribution is -0.121. The number of aryl methyl sites for hydroxylation is 2. The van der Waals surface area contributed by atoms with Crippen LogP contribution in [0.15, 0.2) is 36.4 Å². The van der Waals surface area contributed by atoms with Gasteiger partial charge in [0.25, 0.3) is 0 Å². The minimum absolute atomic E-state index is 0.0901. The highest BCUT2D eigenvalue weighted by Gasteiger charge is 2.18. The van der Waals surface area contributed by atoms with Gasteiger partial charge in [0.2, 0.25) is 5.91 Å². The summed E-state index contributed by atoms with van der Waals surface area (Å²) < 4.78 is 13.4. The molecule has 3 rings (SSSR count). The van der Waals surface area contributed by atoms with E-state index in [0.29, 0.717) is 12.0 Å². The van der Waals surface area contributed by atoms with E-state index in [1.807, 2.05) is 0 Å². The molecule has 2 heterocycles. The van der Waals surface area contributed by atoms with Gasteiger partial charge < -0.3 is 10.6 Å². The van der Waals surface area contributed by atoms with Crippen LogP contribution in [-0.4, -0.2) is 29.8 Å². The van der Waals surface area contributed by atoms with Gasteiger partial charge in [0.15, 0.2) is 0 Å². The van der Waals surface area contributed by atoms with Gasteiger partial charge in [-0.3, -0.25) is 9.59 Å². The van der Waals surface area contributed by atoms with Gasteiger partial charge in [0.05, 0.1) is 5.92 Å². The zero-order valence-electron chi connectivity index (χ0n) is 16.8. The van der Waals surface area contributed by atoms with Crippen molar-refractivity contribution in [1.29, 1.82) is 0 Å². The molecule has 0 aliphatic carbocycles. The SMILES string of the molecule is CC(=O)C(CNC(=O)CCCCc1ccc2c(n1)NCCC2)c1cccc(F)c1. The first kappa shape index (κ1) is 21.0. The molecular formula is C23H28FN3O2. The molecule has 1 aromatic carbocycles. The summed E-state index contributed by atoms with van der Waals surface area (Å²) in [6.45, 7) is 2.62. The Hall–Kier alpha value is -2.76. The first-order chi connectivity index (χ1) is 14.0. The number of pyridine rings is 1. The van der Waals surface area contributed by atoms with Crippen LogP contribution in [0, 0.1) is 5.82 Å². The quantitative estimate of drug-likeness (QED) is 0.632. The first-order valence-corrected chi connectivity index (χ1v) is 10.3. The van der Waals surface area contributed by atoms with E-state index in [2.05, 4.69) is 27.8 Å². The summed E-state index contributed by atoms with van der Waals surface area (Å²) in [6, 6.07) is 10.2. The number of hydrogen-bond acceptors (Lipinski definition) is 4. The molecule has 2 N–H and O–H groups in total. The van der Waals surface area contributed by atoms with Crippen LogP contribution in [0.1, 0.15) is 55.3 Å². The molecule has 0 fully saturated rings. The molecule has 1 aliphatic rings. The molecule has 29 heavy (non-hydrogen) atoms. The second-order valence-corrected chi connectivity index (χ2v) is 7.57. The fourth-order valence-corrected chi connectivity index (χ4v) is 3.62. The maximum atomic E-state index is 13.4. The molecule has 0 bridgehead atoms. The molecule has 2 aromatic rings. The van der Waals surface area contributed by atoms with Gasteiger partial charge in [-0.2, -0.15) is 0 Å². The van der Waals surface area contributed by atoms with Crippen molar-refractivity contribution >= 4 is 17.5 Å². The number of nitrogens with zero attached hydrogens (tertiary/aromatic N) is 1. The summed E-state index contributed by atoms with van der Waals surface area (Å²) >= 11 is 0. The number of aromatic nitrogens is 1. The van der Waals surface area contributed by atoms with E-state index < -0.39 is 5.92 Å². The highest BCUT2D eigenvalue weighted by molar-refractivity contribution is 5.84. The van der Waals surface area contributed by atoms with Crippen molar-refractivity contribution < 1.29 is 14.0 Å². The van der Waals surface area contributed by atoms with Gasteiger partial charge in [-0.1, -0.05) is 18.2 Å². The number of amides is 1. The van der Waals surface area contributed by atoms with Crippen molar-refractivity contribution in [2.24, 2.45) is 0 Å². The molecule has 5 nitrogen and oxygen atoms in total. The van der Waals surface area contributed by atoms with Crippen molar-refractivity contribution in [3.05, 3.63) is 59.0 Å². The van der Waals surface area contributed by atoms with Gasteiger partial charge in [-0.15, -0.1) is 0 Å². The molecule has 6 heteroatoms. The van der Waals surface area contributed by atoms with Gasteiger partial charge in [-0.25, -0.2) is 9.37 Å². The minimum Gasteiger partial charge on any atom is -0.370 e. The Morgan fingerprint density at radius 1 is 1.24 bits per heavy atom. The normalized spacial score (nSPS) is 13.9. The fourth-order valence-electron chi connectivity index (χ4n) is 3.62. The lowest BCUT2D eigenvalue weighted by Gasteiger charge is -2.17. The largest absolute Gasteiger partial charge is 0.370 e. The van der Waals surface area contributed by atoms with Crippen molar-refractivity contribution in [2.75, 3.05) is 18.4 Å². The topological polar surface area (TPSA) is 71.1 Å². The van der Waals surface area contributed by atoms with Crippen molar-refractivity contribution in [1.82, 2.24) is 10.3 Å². The number of halogens is 1. The molecule has 0 saturated heterocycles. The Balaban J connectivity index is 1.41. The van der Waals surface area contributed by atoms with Gasteiger partial charge in [0, 0.05) is 25.2 Å². The Bertz CT molecular complexity index is 869. The van der Waals surface area contributed by atoms with E-state index >= 15 is 0 Å². The monoisotopic (exact) mass is 397 g/mol. The van der Waals surface area contributed by atoms with Gasteiger partial charge >= 0.3 is 0 Å². The van der Waals surface area contributed by atoms with Gasteiger partial charge in [0.1, 0.15) is 17.4 Å². The van der Waals surface area contributed by atoms with Crippen LogP contribution in [0.2, 0.25) is 0 Å². The summed E-state index contributed by atoms with van der Waals surface area (Å²) in [5.41, 5.74) is 2.91. The summed E-state index contributed by atoms with van der Waals surface area (Å²) in [6.07, 6.45) is 5.08. The first-order valence-electron chi connectivity index (χ1n) is 10.3. The zero-order chi connectivity index (χ0) is 20.6. The maximum Gasteiger partial charge on any atom is 0.220 e. The van der Waals surface area contributed by atoms with E-state index in [1.165, 1.54) is 24.6 Å². The van der Waals surface area contributed by atoms with E-state index in [9.17, 15) is 14.0 Å². The van der Waals surface area contributed by atoms with E-state index in [-0.39, 0.29) is 24.1 Å². The number of rotatable bonds is 9. The molecule has 1 aliphatic heterocycles. The average Bonchev–Trinajstić information content (AvgIpc) is 2.71. The summed E-state index contributed by atoms with van der Waals surface area (Å²) in [5.74, 6) is -0.0947. The number of benzene rings is 1. The second kappa shape index (κ2) is 10.1. The smallest absolute Gasteiger partial charge is 0.220 e. The molecule has 1 aromatic heterocycles. The zero-order valence-corrected chi connectivity index (χ0v) is 16.8. The predicted molar refractivity (Wildman–Crippen MR) is 111 cm³/mol. The predicted octanol–water partition coefficient (Wildman–Crippen LogP) is 3.78. The molecule has 1 atom stereocenters. The second-order valence-electron chi connectivity index (χ2n) is 7.57. The lowest BCUT2D eigenvalue weighted by Crippen LogP contribution is -2.30. The van der Waals surface area contributed by atoms with Crippen LogP contribution in [0.3, 0.4) is 0 Å². The van der Waals surface area contributed by atoms with Crippen molar-refractivity contribution in [3.8, 4) is 0 Å². The number of unbranched alkanes of at least 4 members (excludes halogenated alkanes) is 1. The number of ketones is 1. The molecule has 0 radical (unpaired) electrons. The Morgan fingerprint density at radius 3 is 2.90 bits per heavy atom. The molecular weight excluding hydrogens is 369 g/mol. The fraction of sp³-hybridized carbons (Fsp3) is 0.435. The Labute approximate surface area is 171 Å². The van der Waals surface area contributed by atoms with Crippen LogP contribution in [0.5, 0.6) is 0 Å². The van der Waals surface area contributed by atoms with Crippen molar-refractivity contribution in [3.63, 3.8) is 0 Å². The maximum absolute atomic E-state index is 13.4. The number of Topliss-reactive ketones (excluding diaryl/α,β-unsaturated/α-hetero) is 1. The number of carbonyl (C=O) groups is 2. The number of nitrogens with one attached hydrogen (secondary N) is 2. The molecule has 154 valence electrons. The molecule has 0 saturated carbocycles. The molecule has 1 unspecified atom stereocenters. The average molecular weight is 397 g/mol. The Morgan fingerprint density at radius 2 is 2.10 bits per heavy atom. The van der Waals surface area contributed by atoms with E-state index in [1.54, 1.807) is 12.1 Å². The standard InChI is InChI=1S/C23H28FN3O2/c1-16(28)21(18-6-4-8-19(24)14-18)15-26-22(29)10-3-2-9-20-12-11-17-7-5-13-25-23(17)27-20/h4,6,8,11-12,14,21H,2-3,5,7,9-10,13,15H2,1H3,(H,25,27)(H,26,29). The van der Waals surface area contributed by atoms with Crippen LogP contribution in [0.25, 0.3) is 0 Å². The van der Waals surface area contributed by atoms with Gasteiger partial charge in [-0.05, 0) is 68.4 Å². The highest BCUT2D eigenvalue weighted by atomic mass is 19.1. The third kappa shape index (κ3) is 6.11. The number of hydrogen-bond donors (Lipinski definition) is 2. The van der Waals surface area contributed by atoms with E-state index in [0.717, 1.165) is 50.2 Å². The number of fused-ring (bicyclic) bond motifs is 1. The Kier molecular flexibility index (Phi) is 7.33. The van der Waals surface area contributed by atoms with E-state index in [4.69, 9.17) is 0 Å².